The second-order valence-electron chi connectivity index (χ2n) is 3.02. The van der Waals surface area contributed by atoms with Crippen molar-refractivity contribution in [2.75, 3.05) is 20.8 Å². The third kappa shape index (κ3) is 0.831. The standard InChI is InChI=1S/C7H10N4O/c1-10-4-11(2)6-5(10)7(12)9-3-8-6/h3H,4H2,1-2H3,(H,8,9,12)/p+1. The average molecular weight is 167 g/mol. The first kappa shape index (κ1) is 7.30. The molecule has 5 heteroatoms. The highest BCUT2D eigenvalue weighted by molar-refractivity contribution is 5.91. The number of nitrogens with two attached hydrogens (primary N) is 1. The minimum Gasteiger partial charge on any atom is -0.346 e. The van der Waals surface area contributed by atoms with Crippen molar-refractivity contribution in [1.82, 2.24) is 9.80 Å². The summed E-state index contributed by atoms with van der Waals surface area (Å²) in [5.41, 5.74) is 0.708. The quantitative estimate of drug-likeness (QED) is 0.459. The number of hydrogen-bond acceptors (Lipinski definition) is 4. The van der Waals surface area contributed by atoms with Gasteiger partial charge in [0, 0.05) is 14.1 Å². The lowest BCUT2D eigenvalue weighted by atomic mass is 10.3. The minimum atomic E-state index is 0.0480. The first-order valence-electron chi connectivity index (χ1n) is 3.78. The highest BCUT2D eigenvalue weighted by atomic mass is 16.2. The molecule has 2 heterocycles. The van der Waals surface area contributed by atoms with Gasteiger partial charge in [-0.2, -0.15) is 4.99 Å². The topological polar surface area (TPSA) is 52.5 Å². The van der Waals surface area contributed by atoms with Gasteiger partial charge in [-0.1, -0.05) is 0 Å². The molecule has 0 bridgehead atoms. The molecule has 12 heavy (non-hydrogen) atoms. The van der Waals surface area contributed by atoms with E-state index in [4.69, 9.17) is 0 Å². The molecule has 2 aliphatic rings. The first-order chi connectivity index (χ1) is 5.70. The maximum Gasteiger partial charge on any atom is 0.368 e. The van der Waals surface area contributed by atoms with E-state index >= 15 is 0 Å². The number of amides is 1. The molecule has 0 aliphatic carbocycles. The first-order valence-corrected chi connectivity index (χ1v) is 3.78. The molecule has 0 saturated carbocycles. The lowest BCUT2D eigenvalue weighted by Gasteiger charge is -2.12. The van der Waals surface area contributed by atoms with E-state index in [0.29, 0.717) is 5.70 Å². The van der Waals surface area contributed by atoms with E-state index in [9.17, 15) is 4.79 Å². The van der Waals surface area contributed by atoms with Gasteiger partial charge in [-0.3, -0.25) is 0 Å². The Bertz CT molecular complexity index is 294. The number of nitrogens with zero attached hydrogens (tertiary/aromatic N) is 3. The molecule has 0 radical (unpaired) electrons. The normalized spacial score (nSPS) is 22.3. The van der Waals surface area contributed by atoms with Gasteiger partial charge >= 0.3 is 5.91 Å². The summed E-state index contributed by atoms with van der Waals surface area (Å²) in [6, 6.07) is 0. The molecule has 0 atom stereocenters. The van der Waals surface area contributed by atoms with Crippen molar-refractivity contribution in [3.8, 4) is 0 Å². The van der Waals surface area contributed by atoms with Crippen LogP contribution in [0.15, 0.2) is 16.5 Å². The van der Waals surface area contributed by atoms with Gasteiger partial charge in [0.15, 0.2) is 17.9 Å². The van der Waals surface area contributed by atoms with Crippen molar-refractivity contribution < 1.29 is 10.1 Å². The Morgan fingerprint density at radius 2 is 2.25 bits per heavy atom. The number of aliphatic imine (C=N–C) groups is 1. The van der Waals surface area contributed by atoms with Crippen LogP contribution in [0.3, 0.4) is 0 Å². The van der Waals surface area contributed by atoms with Gasteiger partial charge in [-0.15, -0.1) is 0 Å². The second-order valence-corrected chi connectivity index (χ2v) is 3.02. The van der Waals surface area contributed by atoms with Crippen molar-refractivity contribution in [2.24, 2.45) is 4.99 Å². The Balaban J connectivity index is 2.45. The molecule has 5 nitrogen and oxygen atoms in total. The largest absolute Gasteiger partial charge is 0.368 e. The van der Waals surface area contributed by atoms with Gasteiger partial charge in [0.25, 0.3) is 0 Å². The Morgan fingerprint density at radius 3 is 2.92 bits per heavy atom. The van der Waals surface area contributed by atoms with E-state index in [1.165, 1.54) is 5.32 Å². The predicted octanol–water partition coefficient (Wildman–Crippen LogP) is -1.88. The van der Waals surface area contributed by atoms with E-state index in [2.05, 4.69) is 4.99 Å². The summed E-state index contributed by atoms with van der Waals surface area (Å²) < 4.78 is 0. The molecule has 2 rings (SSSR count). The summed E-state index contributed by atoms with van der Waals surface area (Å²) in [6.07, 6.45) is 1.55. The zero-order chi connectivity index (χ0) is 8.72. The summed E-state index contributed by atoms with van der Waals surface area (Å²) in [5, 5.41) is 1.49. The average Bonchev–Trinajstić information content (AvgIpc) is 2.29. The number of hydrogen-bond donors (Lipinski definition) is 1. The van der Waals surface area contributed by atoms with E-state index in [1.807, 2.05) is 23.9 Å². The molecule has 2 N–H and O–H groups in total. The highest BCUT2D eigenvalue weighted by Gasteiger charge is 2.33. The van der Waals surface area contributed by atoms with E-state index in [-0.39, 0.29) is 5.91 Å². The summed E-state index contributed by atoms with van der Waals surface area (Å²) in [5.74, 6) is 0.830. The Labute approximate surface area is 70.4 Å². The predicted molar refractivity (Wildman–Crippen MR) is 42.8 cm³/mol. The number of primary amides is 1. The van der Waals surface area contributed by atoms with Crippen LogP contribution in [0.5, 0.6) is 0 Å². The van der Waals surface area contributed by atoms with Crippen molar-refractivity contribution in [2.45, 2.75) is 0 Å². The maximum atomic E-state index is 11.4. The molecule has 0 aromatic carbocycles. The van der Waals surface area contributed by atoms with Crippen LogP contribution < -0.4 is 5.32 Å². The number of carbonyl (C=O) groups excluding carboxylic acids is 1. The maximum absolute atomic E-state index is 11.4. The monoisotopic (exact) mass is 167 g/mol. The van der Waals surface area contributed by atoms with Crippen LogP contribution in [0.1, 0.15) is 0 Å². The molecule has 1 amide bonds. The molecule has 64 valence electrons. The smallest absolute Gasteiger partial charge is 0.346 e. The van der Waals surface area contributed by atoms with Gasteiger partial charge in [0.05, 0.1) is 6.67 Å². The molecule has 0 unspecified atom stereocenters. The zero-order valence-electron chi connectivity index (χ0n) is 7.11. The van der Waals surface area contributed by atoms with Gasteiger partial charge in [0.1, 0.15) is 0 Å². The third-order valence-electron chi connectivity index (χ3n) is 2.04. The number of quaternary nitrogens is 1. The van der Waals surface area contributed by atoms with Gasteiger partial charge in [-0.25, -0.2) is 10.1 Å². The van der Waals surface area contributed by atoms with E-state index < -0.39 is 0 Å². The second kappa shape index (κ2) is 2.31. The number of rotatable bonds is 0. The molecule has 0 aromatic rings. The Morgan fingerprint density at radius 1 is 1.50 bits per heavy atom. The van der Waals surface area contributed by atoms with Crippen LogP contribution in [0.4, 0.5) is 0 Å². The van der Waals surface area contributed by atoms with Crippen LogP contribution in [-0.2, 0) is 4.79 Å². The highest BCUT2D eigenvalue weighted by Crippen LogP contribution is 2.21. The molecule has 0 aromatic heterocycles. The summed E-state index contributed by atoms with van der Waals surface area (Å²) in [7, 11) is 3.82. The molecule has 2 aliphatic heterocycles. The molecular weight excluding hydrogens is 156 g/mol. The van der Waals surface area contributed by atoms with Crippen LogP contribution in [-0.4, -0.2) is 42.8 Å². The van der Waals surface area contributed by atoms with E-state index in [1.54, 1.807) is 6.34 Å². The summed E-state index contributed by atoms with van der Waals surface area (Å²) >= 11 is 0. The van der Waals surface area contributed by atoms with Crippen molar-refractivity contribution in [1.29, 1.82) is 0 Å². The molecule has 0 fully saturated rings. The number of carbonyl (C=O) groups is 1. The van der Waals surface area contributed by atoms with Gasteiger partial charge < -0.3 is 9.80 Å². The Hall–Kier alpha value is -1.36. The molecule has 0 saturated heterocycles. The fraction of sp³-hybridized carbons (Fsp3) is 0.429. The lowest BCUT2D eigenvalue weighted by Crippen LogP contribution is -2.88. The van der Waals surface area contributed by atoms with Crippen molar-refractivity contribution in [3.63, 3.8) is 0 Å². The fourth-order valence-corrected chi connectivity index (χ4v) is 1.52. The van der Waals surface area contributed by atoms with E-state index in [0.717, 1.165) is 12.5 Å². The van der Waals surface area contributed by atoms with Crippen LogP contribution in [0, 0.1) is 0 Å². The summed E-state index contributed by atoms with van der Waals surface area (Å²) in [4.78, 5) is 19.4. The SMILES string of the molecule is CN1CN(C)C2=C1N=C[NH2+]C2=O. The number of likely N-dealkylation sites (N-methyl/N-ethyl adjacent to an activating group) is 1. The summed E-state index contributed by atoms with van der Waals surface area (Å²) in [6.45, 7) is 0.738. The zero-order valence-corrected chi connectivity index (χ0v) is 7.11. The van der Waals surface area contributed by atoms with Crippen molar-refractivity contribution >= 4 is 12.2 Å². The minimum absolute atomic E-state index is 0.0480. The third-order valence-corrected chi connectivity index (χ3v) is 2.04. The van der Waals surface area contributed by atoms with Gasteiger partial charge in [-0.05, 0) is 0 Å². The van der Waals surface area contributed by atoms with Crippen molar-refractivity contribution in [3.05, 3.63) is 11.5 Å². The lowest BCUT2D eigenvalue weighted by molar-refractivity contribution is -0.441. The fourth-order valence-electron chi connectivity index (χ4n) is 1.52. The van der Waals surface area contributed by atoms with Crippen LogP contribution >= 0.6 is 0 Å². The molecule has 0 spiro atoms. The van der Waals surface area contributed by atoms with Crippen LogP contribution in [0.2, 0.25) is 0 Å². The molecular formula is C7H11N4O+. The van der Waals surface area contributed by atoms with Crippen LogP contribution in [0.25, 0.3) is 0 Å². The van der Waals surface area contributed by atoms with Gasteiger partial charge in [0.2, 0.25) is 0 Å². The Kier molecular flexibility index (Phi) is 1.41.